The van der Waals surface area contributed by atoms with Gasteiger partial charge in [-0.25, -0.2) is 5.43 Å². The number of non-ortho nitro benzene ring substituents is 1. The van der Waals surface area contributed by atoms with E-state index in [0.29, 0.717) is 10.6 Å². The number of hydrazone groups is 1. The number of aromatic hydroxyl groups is 1. The molecule has 0 heterocycles. The smallest absolute Gasteiger partial charge is 0.271 e. The average molecular weight is 399 g/mol. The van der Waals surface area contributed by atoms with Crippen LogP contribution in [-0.2, 0) is 0 Å². The summed E-state index contributed by atoms with van der Waals surface area (Å²) in [6.45, 7) is 0. The number of nitrogens with one attached hydrogen (secondary N) is 1. The highest BCUT2D eigenvalue weighted by Crippen LogP contribution is 2.31. The molecule has 9 heteroatoms. The predicted octanol–water partition coefficient (Wildman–Crippen LogP) is 3.48. The quantitative estimate of drug-likeness (QED) is 0.467. The number of rotatable bonds is 4. The largest absolute Gasteiger partial charge is 0.506 e. The lowest BCUT2D eigenvalue weighted by Gasteiger charge is -2.03. The molecular formula is C14H9BrClN3O4. The lowest BCUT2D eigenvalue weighted by atomic mass is 10.2. The van der Waals surface area contributed by atoms with Crippen molar-refractivity contribution in [2.24, 2.45) is 5.10 Å². The number of phenolic OH excluding ortho intramolecular Hbond substituents is 1. The number of nitrogens with zero attached hydrogens (tertiary/aromatic N) is 2. The van der Waals surface area contributed by atoms with Crippen LogP contribution >= 0.6 is 27.5 Å². The second-order valence-electron chi connectivity index (χ2n) is 4.33. The van der Waals surface area contributed by atoms with Crippen molar-refractivity contribution in [3.63, 3.8) is 0 Å². The van der Waals surface area contributed by atoms with Crippen LogP contribution in [0.15, 0.2) is 46.0 Å². The van der Waals surface area contributed by atoms with E-state index >= 15 is 0 Å². The Morgan fingerprint density at radius 2 is 2.13 bits per heavy atom. The number of carbonyl (C=O) groups excluding carboxylic acids is 1. The van der Waals surface area contributed by atoms with E-state index in [2.05, 4.69) is 26.5 Å². The van der Waals surface area contributed by atoms with Crippen LogP contribution in [-0.4, -0.2) is 22.2 Å². The van der Waals surface area contributed by atoms with Gasteiger partial charge in [-0.3, -0.25) is 14.9 Å². The van der Waals surface area contributed by atoms with Gasteiger partial charge in [0.15, 0.2) is 0 Å². The van der Waals surface area contributed by atoms with Crippen molar-refractivity contribution in [3.8, 4) is 5.75 Å². The predicted molar refractivity (Wildman–Crippen MR) is 89.0 cm³/mol. The molecule has 2 aromatic carbocycles. The molecule has 0 unspecified atom stereocenters. The highest BCUT2D eigenvalue weighted by atomic mass is 79.9. The number of benzene rings is 2. The number of nitro benzene ring substituents is 1. The fourth-order valence-electron chi connectivity index (χ4n) is 1.66. The lowest BCUT2D eigenvalue weighted by molar-refractivity contribution is -0.385. The Bertz CT molecular complexity index is 811. The minimum absolute atomic E-state index is 0.0810. The molecule has 0 aliphatic rings. The van der Waals surface area contributed by atoms with Crippen molar-refractivity contribution in [2.45, 2.75) is 0 Å². The molecule has 0 aliphatic carbocycles. The van der Waals surface area contributed by atoms with Crippen molar-refractivity contribution >= 4 is 45.3 Å². The van der Waals surface area contributed by atoms with Crippen LogP contribution in [0.2, 0.25) is 5.02 Å². The minimum atomic E-state index is -0.605. The standard InChI is InChI=1S/C14H9BrClN3O4/c15-12-6-11(19(22)23)5-9(13(12)20)7-17-18-14(21)8-2-1-3-10(16)4-8/h1-7,20H,(H,18,21). The Morgan fingerprint density at radius 1 is 1.39 bits per heavy atom. The summed E-state index contributed by atoms with van der Waals surface area (Å²) < 4.78 is 0.148. The van der Waals surface area contributed by atoms with Gasteiger partial charge in [0, 0.05) is 28.3 Å². The zero-order valence-electron chi connectivity index (χ0n) is 11.4. The first-order valence-electron chi connectivity index (χ1n) is 6.14. The van der Waals surface area contributed by atoms with Crippen LogP contribution in [0.25, 0.3) is 0 Å². The molecule has 0 bridgehead atoms. The van der Waals surface area contributed by atoms with Crippen LogP contribution in [0.5, 0.6) is 5.75 Å². The molecule has 0 spiro atoms. The van der Waals surface area contributed by atoms with Crippen molar-refractivity contribution in [3.05, 3.63) is 67.1 Å². The fourth-order valence-corrected chi connectivity index (χ4v) is 2.32. The number of hydrogen-bond donors (Lipinski definition) is 2. The van der Waals surface area contributed by atoms with E-state index in [1.165, 1.54) is 6.07 Å². The van der Waals surface area contributed by atoms with Gasteiger partial charge >= 0.3 is 0 Å². The summed E-state index contributed by atoms with van der Waals surface area (Å²) >= 11 is 8.80. The zero-order valence-corrected chi connectivity index (χ0v) is 13.7. The Kier molecular flexibility index (Phi) is 5.30. The number of phenols is 1. The van der Waals surface area contributed by atoms with Crippen LogP contribution < -0.4 is 5.43 Å². The van der Waals surface area contributed by atoms with Gasteiger partial charge in [-0.1, -0.05) is 17.7 Å². The summed E-state index contributed by atoms with van der Waals surface area (Å²) in [6.07, 6.45) is 1.11. The number of amides is 1. The van der Waals surface area contributed by atoms with Gasteiger partial charge in [0.1, 0.15) is 5.75 Å². The lowest BCUT2D eigenvalue weighted by Crippen LogP contribution is -2.17. The summed E-state index contributed by atoms with van der Waals surface area (Å²) in [5.41, 5.74) is 2.41. The van der Waals surface area contributed by atoms with E-state index in [0.717, 1.165) is 18.3 Å². The summed E-state index contributed by atoms with van der Waals surface area (Å²) in [5.74, 6) is -0.732. The first-order chi connectivity index (χ1) is 10.9. The van der Waals surface area contributed by atoms with Crippen LogP contribution in [0.1, 0.15) is 15.9 Å². The second kappa shape index (κ2) is 7.21. The van der Waals surface area contributed by atoms with Crippen molar-refractivity contribution in [1.29, 1.82) is 0 Å². The van der Waals surface area contributed by atoms with E-state index in [1.54, 1.807) is 18.2 Å². The van der Waals surface area contributed by atoms with E-state index in [4.69, 9.17) is 11.6 Å². The molecule has 2 aromatic rings. The van der Waals surface area contributed by atoms with Crippen molar-refractivity contribution in [1.82, 2.24) is 5.43 Å². The maximum Gasteiger partial charge on any atom is 0.271 e. The molecule has 0 saturated carbocycles. The molecule has 0 fully saturated rings. The van der Waals surface area contributed by atoms with Gasteiger partial charge in [-0.05, 0) is 34.1 Å². The third-order valence-electron chi connectivity index (χ3n) is 2.75. The summed E-state index contributed by atoms with van der Waals surface area (Å²) in [5, 5.41) is 24.7. The molecular weight excluding hydrogens is 390 g/mol. The van der Waals surface area contributed by atoms with Crippen LogP contribution in [0, 0.1) is 10.1 Å². The van der Waals surface area contributed by atoms with Gasteiger partial charge in [-0.15, -0.1) is 0 Å². The molecule has 0 saturated heterocycles. The average Bonchev–Trinajstić information content (AvgIpc) is 2.50. The Balaban J connectivity index is 2.17. The minimum Gasteiger partial charge on any atom is -0.506 e. The topological polar surface area (TPSA) is 105 Å². The maximum atomic E-state index is 11.9. The normalized spacial score (nSPS) is 10.7. The first kappa shape index (κ1) is 16.9. The molecule has 2 rings (SSSR count). The number of hydrogen-bond acceptors (Lipinski definition) is 5. The fraction of sp³-hybridized carbons (Fsp3) is 0. The Morgan fingerprint density at radius 3 is 2.78 bits per heavy atom. The van der Waals surface area contributed by atoms with Gasteiger partial charge in [0.25, 0.3) is 11.6 Å². The van der Waals surface area contributed by atoms with Gasteiger partial charge in [-0.2, -0.15) is 5.10 Å². The zero-order chi connectivity index (χ0) is 17.0. The third kappa shape index (κ3) is 4.27. The summed E-state index contributed by atoms with van der Waals surface area (Å²) in [4.78, 5) is 22.0. The Labute approximate surface area is 143 Å². The van der Waals surface area contributed by atoms with Gasteiger partial charge in [0.2, 0.25) is 0 Å². The second-order valence-corrected chi connectivity index (χ2v) is 5.62. The molecule has 23 heavy (non-hydrogen) atoms. The highest BCUT2D eigenvalue weighted by Gasteiger charge is 2.13. The molecule has 118 valence electrons. The number of halogens is 2. The molecule has 0 aliphatic heterocycles. The van der Waals surface area contributed by atoms with Crippen molar-refractivity contribution in [2.75, 3.05) is 0 Å². The van der Waals surface area contributed by atoms with E-state index in [-0.39, 0.29) is 21.5 Å². The van der Waals surface area contributed by atoms with Crippen LogP contribution in [0.4, 0.5) is 5.69 Å². The van der Waals surface area contributed by atoms with Gasteiger partial charge in [0.05, 0.1) is 15.6 Å². The SMILES string of the molecule is O=C(NN=Cc1cc([N+](=O)[O-])cc(Br)c1O)c1cccc(Cl)c1. The number of carbonyl (C=O) groups is 1. The maximum absolute atomic E-state index is 11.9. The number of nitro groups is 1. The van der Waals surface area contributed by atoms with Crippen molar-refractivity contribution < 1.29 is 14.8 Å². The molecule has 2 N–H and O–H groups in total. The molecule has 0 atom stereocenters. The van der Waals surface area contributed by atoms with Crippen LogP contribution in [0.3, 0.4) is 0 Å². The van der Waals surface area contributed by atoms with Gasteiger partial charge < -0.3 is 5.11 Å². The molecule has 7 nitrogen and oxygen atoms in total. The molecule has 0 aromatic heterocycles. The monoisotopic (exact) mass is 397 g/mol. The highest BCUT2D eigenvalue weighted by molar-refractivity contribution is 9.10. The Hall–Kier alpha value is -2.45. The van der Waals surface area contributed by atoms with E-state index in [9.17, 15) is 20.0 Å². The molecule has 0 radical (unpaired) electrons. The van der Waals surface area contributed by atoms with E-state index < -0.39 is 10.8 Å². The third-order valence-corrected chi connectivity index (χ3v) is 3.58. The first-order valence-corrected chi connectivity index (χ1v) is 7.31. The summed E-state index contributed by atoms with van der Waals surface area (Å²) in [7, 11) is 0. The van der Waals surface area contributed by atoms with E-state index in [1.807, 2.05) is 0 Å². The molecule has 1 amide bonds. The summed E-state index contributed by atoms with van der Waals surface area (Å²) in [6, 6.07) is 8.56.